The third-order valence-corrected chi connectivity index (χ3v) is 6.83. The van der Waals surface area contributed by atoms with E-state index in [2.05, 4.69) is 10.1 Å². The second-order valence-electron chi connectivity index (χ2n) is 6.44. The molecule has 4 heterocycles. The van der Waals surface area contributed by atoms with Crippen molar-refractivity contribution in [2.24, 2.45) is 0 Å². The number of nitrogens with zero attached hydrogens (tertiary/aromatic N) is 5. The molecule has 1 atom stereocenters. The first-order valence-corrected chi connectivity index (χ1v) is 10.3. The molecule has 25 heavy (non-hydrogen) atoms. The zero-order valence-electron chi connectivity index (χ0n) is 14.3. The fourth-order valence-corrected chi connectivity index (χ4v) is 5.41. The number of rotatable bonds is 4. The van der Waals surface area contributed by atoms with Crippen LogP contribution in [0, 0.1) is 0 Å². The van der Waals surface area contributed by atoms with Gasteiger partial charge in [0.25, 0.3) is 10.0 Å². The van der Waals surface area contributed by atoms with Crippen LogP contribution in [0.3, 0.4) is 0 Å². The minimum atomic E-state index is -3.69. The number of hydrogen-bond donors (Lipinski definition) is 0. The lowest BCUT2D eigenvalue weighted by atomic mass is 10.0. The normalized spacial score (nSPS) is 21.7. The van der Waals surface area contributed by atoms with E-state index in [0.717, 1.165) is 38.1 Å². The number of hydrogen-bond acceptors (Lipinski definition) is 5. The summed E-state index contributed by atoms with van der Waals surface area (Å²) in [6, 6.07) is -0.243. The molecular weight excluding hydrogens is 342 g/mol. The number of aryl methyl sites for hydroxylation is 2. The predicted octanol–water partition coefficient (Wildman–Crippen LogP) is 1.80. The van der Waals surface area contributed by atoms with Gasteiger partial charge in [-0.2, -0.15) is 9.40 Å². The van der Waals surface area contributed by atoms with Crippen molar-refractivity contribution in [3.05, 3.63) is 24.4 Å². The molecule has 0 N–H and O–H groups in total. The molecular formula is C16H23N5O3S. The Morgan fingerprint density at radius 1 is 1.28 bits per heavy atom. The fourth-order valence-electron chi connectivity index (χ4n) is 3.68. The van der Waals surface area contributed by atoms with Crippen molar-refractivity contribution in [2.75, 3.05) is 13.2 Å². The van der Waals surface area contributed by atoms with Crippen molar-refractivity contribution in [1.29, 1.82) is 0 Å². The second kappa shape index (κ2) is 6.45. The van der Waals surface area contributed by atoms with Gasteiger partial charge in [-0.05, 0) is 19.8 Å². The standard InChI is InChI=1S/C16H23N5O3S/c1-2-19-10-7-17-15(19)13-6-3-4-9-21(13)25(22,23)14-12-18-20-8-5-11-24-16(14)20/h7,10,12-13H,2-6,8-9,11H2,1H3. The molecule has 2 aromatic heterocycles. The molecule has 9 heteroatoms. The number of imidazole rings is 1. The van der Waals surface area contributed by atoms with Gasteiger partial charge in [-0.3, -0.25) is 0 Å². The number of aromatic nitrogens is 4. The highest BCUT2D eigenvalue weighted by molar-refractivity contribution is 7.89. The van der Waals surface area contributed by atoms with Gasteiger partial charge in [0, 0.05) is 38.4 Å². The summed E-state index contributed by atoms with van der Waals surface area (Å²) in [5.41, 5.74) is 0. The quantitative estimate of drug-likeness (QED) is 0.825. The molecule has 0 aromatic carbocycles. The third kappa shape index (κ3) is 2.75. The minimum Gasteiger partial charge on any atom is -0.477 e. The minimum absolute atomic E-state index is 0.175. The Hall–Kier alpha value is -1.87. The SMILES string of the molecule is CCn1ccnc1C1CCCCN1S(=O)(=O)c1cnn2c1OCCC2. The summed E-state index contributed by atoms with van der Waals surface area (Å²) in [4.78, 5) is 4.62. The summed E-state index contributed by atoms with van der Waals surface area (Å²) >= 11 is 0. The van der Waals surface area contributed by atoms with Crippen molar-refractivity contribution in [1.82, 2.24) is 23.6 Å². The summed E-state index contributed by atoms with van der Waals surface area (Å²) < 4.78 is 37.6. The van der Waals surface area contributed by atoms with Crippen LogP contribution in [0.25, 0.3) is 0 Å². The highest BCUT2D eigenvalue weighted by atomic mass is 32.2. The summed E-state index contributed by atoms with van der Waals surface area (Å²) in [5.74, 6) is 1.18. The Kier molecular flexibility index (Phi) is 4.28. The second-order valence-corrected chi connectivity index (χ2v) is 8.30. The van der Waals surface area contributed by atoms with Gasteiger partial charge in [0.15, 0.2) is 4.90 Å². The Morgan fingerprint density at radius 2 is 2.16 bits per heavy atom. The first-order chi connectivity index (χ1) is 12.1. The fraction of sp³-hybridized carbons (Fsp3) is 0.625. The van der Waals surface area contributed by atoms with E-state index < -0.39 is 10.0 Å². The summed E-state index contributed by atoms with van der Waals surface area (Å²) in [5, 5.41) is 4.20. The summed E-state index contributed by atoms with van der Waals surface area (Å²) in [7, 11) is -3.69. The molecule has 1 unspecified atom stereocenters. The van der Waals surface area contributed by atoms with Gasteiger partial charge in [0.05, 0.1) is 18.8 Å². The number of ether oxygens (including phenoxy) is 1. The molecule has 2 aliphatic heterocycles. The topological polar surface area (TPSA) is 82.3 Å². The average molecular weight is 365 g/mol. The number of fused-ring (bicyclic) bond motifs is 1. The van der Waals surface area contributed by atoms with E-state index in [4.69, 9.17) is 4.74 Å². The van der Waals surface area contributed by atoms with Crippen LogP contribution in [0.15, 0.2) is 23.5 Å². The van der Waals surface area contributed by atoms with Crippen LogP contribution in [0.5, 0.6) is 5.88 Å². The van der Waals surface area contributed by atoms with E-state index in [-0.39, 0.29) is 10.9 Å². The van der Waals surface area contributed by atoms with Crippen LogP contribution >= 0.6 is 0 Å². The highest BCUT2D eigenvalue weighted by Crippen LogP contribution is 2.37. The molecule has 0 amide bonds. The van der Waals surface area contributed by atoms with Gasteiger partial charge < -0.3 is 9.30 Å². The van der Waals surface area contributed by atoms with Gasteiger partial charge in [-0.15, -0.1) is 0 Å². The van der Waals surface area contributed by atoms with Gasteiger partial charge in [-0.1, -0.05) is 6.42 Å². The maximum Gasteiger partial charge on any atom is 0.250 e. The lowest BCUT2D eigenvalue weighted by Gasteiger charge is -2.34. The molecule has 2 aromatic rings. The van der Waals surface area contributed by atoms with Crippen LogP contribution in [0.4, 0.5) is 0 Å². The van der Waals surface area contributed by atoms with Crippen LogP contribution in [0.1, 0.15) is 44.5 Å². The predicted molar refractivity (Wildman–Crippen MR) is 90.7 cm³/mol. The van der Waals surface area contributed by atoms with Crippen LogP contribution < -0.4 is 4.74 Å². The highest BCUT2D eigenvalue weighted by Gasteiger charge is 2.39. The third-order valence-electron chi connectivity index (χ3n) is 4.94. The molecule has 136 valence electrons. The molecule has 1 fully saturated rings. The summed E-state index contributed by atoms with van der Waals surface area (Å²) in [6.07, 6.45) is 8.54. The molecule has 1 saturated heterocycles. The van der Waals surface area contributed by atoms with E-state index >= 15 is 0 Å². The molecule has 0 bridgehead atoms. The van der Waals surface area contributed by atoms with Crippen molar-refractivity contribution in [3.63, 3.8) is 0 Å². The molecule has 0 radical (unpaired) electrons. The van der Waals surface area contributed by atoms with E-state index in [9.17, 15) is 8.42 Å². The van der Waals surface area contributed by atoms with Gasteiger partial charge in [0.1, 0.15) is 5.82 Å². The first kappa shape index (κ1) is 16.6. The zero-order valence-corrected chi connectivity index (χ0v) is 15.2. The van der Waals surface area contributed by atoms with Gasteiger partial charge >= 0.3 is 0 Å². The molecule has 2 aliphatic rings. The number of sulfonamides is 1. The van der Waals surface area contributed by atoms with E-state index in [1.165, 1.54) is 6.20 Å². The smallest absolute Gasteiger partial charge is 0.250 e. The van der Waals surface area contributed by atoms with Crippen LogP contribution in [-0.4, -0.2) is 45.2 Å². The van der Waals surface area contributed by atoms with Crippen molar-refractivity contribution in [2.45, 2.75) is 56.6 Å². The average Bonchev–Trinajstić information content (AvgIpc) is 3.28. The maximum absolute atomic E-state index is 13.4. The Morgan fingerprint density at radius 3 is 3.00 bits per heavy atom. The maximum atomic E-state index is 13.4. The zero-order chi connectivity index (χ0) is 17.4. The Labute approximate surface area is 147 Å². The lowest BCUT2D eigenvalue weighted by molar-refractivity contribution is 0.219. The molecule has 8 nitrogen and oxygen atoms in total. The van der Waals surface area contributed by atoms with E-state index in [0.29, 0.717) is 25.6 Å². The van der Waals surface area contributed by atoms with Crippen LogP contribution in [-0.2, 0) is 23.1 Å². The number of piperidine rings is 1. The summed E-state index contributed by atoms with van der Waals surface area (Å²) in [6.45, 7) is 4.52. The van der Waals surface area contributed by atoms with Crippen molar-refractivity contribution < 1.29 is 13.2 Å². The van der Waals surface area contributed by atoms with Gasteiger partial charge in [0.2, 0.25) is 5.88 Å². The first-order valence-electron chi connectivity index (χ1n) is 8.84. The van der Waals surface area contributed by atoms with Crippen molar-refractivity contribution >= 4 is 10.0 Å². The lowest BCUT2D eigenvalue weighted by Crippen LogP contribution is -2.39. The largest absolute Gasteiger partial charge is 0.477 e. The molecule has 4 rings (SSSR count). The van der Waals surface area contributed by atoms with E-state index in [1.807, 2.05) is 17.7 Å². The Balaban J connectivity index is 1.74. The monoisotopic (exact) mass is 365 g/mol. The Bertz CT molecular complexity index is 857. The molecule has 0 spiro atoms. The van der Waals surface area contributed by atoms with Crippen molar-refractivity contribution in [3.8, 4) is 5.88 Å². The van der Waals surface area contributed by atoms with Gasteiger partial charge in [-0.25, -0.2) is 18.1 Å². The van der Waals surface area contributed by atoms with Crippen LogP contribution in [0.2, 0.25) is 0 Å². The molecule has 0 aliphatic carbocycles. The van der Waals surface area contributed by atoms with E-state index in [1.54, 1.807) is 15.2 Å². The molecule has 0 saturated carbocycles.